The van der Waals surface area contributed by atoms with Gasteiger partial charge in [-0.05, 0) is 36.8 Å². The monoisotopic (exact) mass is 253 g/mol. The van der Waals surface area contributed by atoms with Crippen molar-refractivity contribution in [2.45, 2.75) is 32.1 Å². The Morgan fingerprint density at radius 3 is 2.71 bits per heavy atom. The van der Waals surface area contributed by atoms with Crippen molar-refractivity contribution in [1.29, 1.82) is 0 Å². The van der Waals surface area contributed by atoms with Gasteiger partial charge in [0.2, 0.25) is 0 Å². The minimum Gasteiger partial charge on any atom is -0.481 e. The average molecular weight is 254 g/mol. The van der Waals surface area contributed by atoms with E-state index in [2.05, 4.69) is 4.98 Å². The summed E-state index contributed by atoms with van der Waals surface area (Å²) >= 11 is 5.71. The Morgan fingerprint density at radius 2 is 2.18 bits per heavy atom. The molecule has 0 aliphatic heterocycles. The minimum atomic E-state index is -0.688. The van der Waals surface area contributed by atoms with Crippen molar-refractivity contribution >= 4 is 17.6 Å². The van der Waals surface area contributed by atoms with Gasteiger partial charge >= 0.3 is 5.97 Å². The van der Waals surface area contributed by atoms with Crippen LogP contribution < -0.4 is 0 Å². The quantitative estimate of drug-likeness (QED) is 0.839. The van der Waals surface area contributed by atoms with Gasteiger partial charge in [0, 0.05) is 6.20 Å². The van der Waals surface area contributed by atoms with E-state index in [0.717, 1.165) is 31.2 Å². The molecule has 0 aromatic carbocycles. The van der Waals surface area contributed by atoms with Gasteiger partial charge in [-0.25, -0.2) is 4.98 Å². The van der Waals surface area contributed by atoms with Crippen molar-refractivity contribution in [3.05, 3.63) is 29.0 Å². The Kier molecular flexibility index (Phi) is 4.00. The third-order valence-corrected chi connectivity index (χ3v) is 3.75. The highest BCUT2D eigenvalue weighted by atomic mass is 35.5. The molecule has 1 aliphatic carbocycles. The molecule has 1 saturated carbocycles. The lowest BCUT2D eigenvalue weighted by Crippen LogP contribution is -2.24. The fourth-order valence-electron chi connectivity index (χ4n) is 2.60. The van der Waals surface area contributed by atoms with Crippen molar-refractivity contribution in [1.82, 2.24) is 4.98 Å². The first-order chi connectivity index (χ1) is 8.16. The molecule has 3 nitrogen and oxygen atoms in total. The first kappa shape index (κ1) is 12.4. The van der Waals surface area contributed by atoms with Gasteiger partial charge in [-0.2, -0.15) is 0 Å². The lowest BCUT2D eigenvalue weighted by Gasteiger charge is -2.18. The molecular formula is C13H16ClNO2. The van der Waals surface area contributed by atoms with Gasteiger partial charge in [-0.15, -0.1) is 0 Å². The molecule has 1 unspecified atom stereocenters. The zero-order valence-corrected chi connectivity index (χ0v) is 10.4. The van der Waals surface area contributed by atoms with Gasteiger partial charge in [0.1, 0.15) is 5.15 Å². The Labute approximate surface area is 106 Å². The molecular weight excluding hydrogens is 238 g/mol. The Balaban J connectivity index is 2.06. The van der Waals surface area contributed by atoms with E-state index in [1.54, 1.807) is 12.3 Å². The van der Waals surface area contributed by atoms with Crippen LogP contribution in [0.5, 0.6) is 0 Å². The Hall–Kier alpha value is -1.09. The highest BCUT2D eigenvalue weighted by Crippen LogP contribution is 2.33. The molecule has 1 aromatic rings. The predicted octanol–water partition coefficient (Wildman–Crippen LogP) is 3.17. The Morgan fingerprint density at radius 1 is 1.47 bits per heavy atom. The lowest BCUT2D eigenvalue weighted by atomic mass is 9.86. The zero-order valence-electron chi connectivity index (χ0n) is 9.60. The van der Waals surface area contributed by atoms with Crippen LogP contribution in [-0.4, -0.2) is 16.1 Å². The summed E-state index contributed by atoms with van der Waals surface area (Å²) in [4.78, 5) is 15.3. The second-order valence-corrected chi connectivity index (χ2v) is 5.07. The van der Waals surface area contributed by atoms with Crippen molar-refractivity contribution in [3.63, 3.8) is 0 Å². The van der Waals surface area contributed by atoms with E-state index in [-0.39, 0.29) is 5.92 Å². The normalized spacial score (nSPS) is 18.2. The third-order valence-electron chi connectivity index (χ3n) is 3.53. The summed E-state index contributed by atoms with van der Waals surface area (Å²) in [6, 6.07) is 3.57. The molecule has 0 amide bonds. The first-order valence-electron chi connectivity index (χ1n) is 6.00. The van der Waals surface area contributed by atoms with Crippen molar-refractivity contribution in [2.75, 3.05) is 0 Å². The molecule has 1 aliphatic rings. The number of carbonyl (C=O) groups is 1. The number of hydrogen-bond donors (Lipinski definition) is 1. The molecule has 4 heteroatoms. The Bertz CT molecular complexity index is 385. The molecule has 1 atom stereocenters. The van der Waals surface area contributed by atoms with Gasteiger partial charge in [0.05, 0.1) is 5.92 Å². The summed E-state index contributed by atoms with van der Waals surface area (Å²) in [5.74, 6) is -0.643. The fraction of sp³-hybridized carbons (Fsp3) is 0.538. The van der Waals surface area contributed by atoms with Crippen LogP contribution in [0.2, 0.25) is 5.15 Å². The summed E-state index contributed by atoms with van der Waals surface area (Å²) in [6.45, 7) is 0. The molecule has 0 bridgehead atoms. The number of aliphatic carboxylic acids is 1. The molecule has 1 aromatic heterocycles. The van der Waals surface area contributed by atoms with Crippen LogP contribution in [0.25, 0.3) is 0 Å². The number of nitrogens with zero attached hydrogens (tertiary/aromatic N) is 1. The number of halogens is 1. The summed E-state index contributed by atoms with van der Waals surface area (Å²) in [6.07, 6.45) is 6.63. The van der Waals surface area contributed by atoms with Crippen LogP contribution >= 0.6 is 11.6 Å². The SMILES string of the molecule is O=C(O)C(Cc1ccc(Cl)nc1)C1CCCC1. The van der Waals surface area contributed by atoms with E-state index in [1.807, 2.05) is 6.07 Å². The van der Waals surface area contributed by atoms with Gasteiger partial charge in [0.15, 0.2) is 0 Å². The molecule has 17 heavy (non-hydrogen) atoms. The molecule has 92 valence electrons. The largest absolute Gasteiger partial charge is 0.481 e. The molecule has 1 heterocycles. The van der Waals surface area contributed by atoms with E-state index in [0.29, 0.717) is 17.5 Å². The van der Waals surface area contributed by atoms with E-state index in [4.69, 9.17) is 11.6 Å². The van der Waals surface area contributed by atoms with Crippen molar-refractivity contribution in [2.24, 2.45) is 11.8 Å². The highest BCUT2D eigenvalue weighted by molar-refractivity contribution is 6.29. The van der Waals surface area contributed by atoms with Crippen LogP contribution in [0.15, 0.2) is 18.3 Å². The number of hydrogen-bond acceptors (Lipinski definition) is 2. The van der Waals surface area contributed by atoms with Crippen LogP contribution in [0.4, 0.5) is 0 Å². The van der Waals surface area contributed by atoms with Crippen LogP contribution in [0.1, 0.15) is 31.2 Å². The summed E-state index contributed by atoms with van der Waals surface area (Å²) < 4.78 is 0. The number of aromatic nitrogens is 1. The molecule has 1 N–H and O–H groups in total. The van der Waals surface area contributed by atoms with E-state index in [1.165, 1.54) is 0 Å². The maximum Gasteiger partial charge on any atom is 0.307 e. The topological polar surface area (TPSA) is 50.2 Å². The number of pyridine rings is 1. The van der Waals surface area contributed by atoms with E-state index < -0.39 is 5.97 Å². The summed E-state index contributed by atoms with van der Waals surface area (Å²) in [5, 5.41) is 9.75. The standard InChI is InChI=1S/C13H16ClNO2/c14-12-6-5-9(8-15-12)7-11(13(16)17)10-3-1-2-4-10/h5-6,8,10-11H,1-4,7H2,(H,16,17). The molecule has 0 radical (unpaired) electrons. The zero-order chi connectivity index (χ0) is 12.3. The third kappa shape index (κ3) is 3.19. The number of carboxylic acid groups (broad SMARTS) is 1. The fourth-order valence-corrected chi connectivity index (χ4v) is 2.71. The summed E-state index contributed by atoms with van der Waals surface area (Å²) in [5.41, 5.74) is 0.953. The second kappa shape index (κ2) is 5.50. The number of carboxylic acids is 1. The minimum absolute atomic E-state index is 0.277. The van der Waals surface area contributed by atoms with Crippen LogP contribution in [0.3, 0.4) is 0 Å². The van der Waals surface area contributed by atoms with Crippen molar-refractivity contribution in [3.8, 4) is 0 Å². The average Bonchev–Trinajstić information content (AvgIpc) is 2.81. The van der Waals surface area contributed by atoms with Gasteiger partial charge < -0.3 is 5.11 Å². The smallest absolute Gasteiger partial charge is 0.307 e. The lowest BCUT2D eigenvalue weighted by molar-refractivity contribution is -0.143. The van der Waals surface area contributed by atoms with E-state index >= 15 is 0 Å². The highest BCUT2D eigenvalue weighted by Gasteiger charge is 2.30. The second-order valence-electron chi connectivity index (χ2n) is 4.68. The molecule has 2 rings (SSSR count). The van der Waals surface area contributed by atoms with Gasteiger partial charge in [-0.1, -0.05) is 30.5 Å². The van der Waals surface area contributed by atoms with Gasteiger partial charge in [0.25, 0.3) is 0 Å². The molecule has 0 spiro atoms. The molecule has 1 fully saturated rings. The maximum absolute atomic E-state index is 11.3. The van der Waals surface area contributed by atoms with Crippen LogP contribution in [-0.2, 0) is 11.2 Å². The summed E-state index contributed by atoms with van der Waals surface area (Å²) in [7, 11) is 0. The molecule has 0 saturated heterocycles. The van der Waals surface area contributed by atoms with E-state index in [9.17, 15) is 9.90 Å². The van der Waals surface area contributed by atoms with Crippen LogP contribution in [0, 0.1) is 11.8 Å². The number of rotatable bonds is 4. The van der Waals surface area contributed by atoms with Gasteiger partial charge in [-0.3, -0.25) is 4.79 Å². The first-order valence-corrected chi connectivity index (χ1v) is 6.38. The maximum atomic E-state index is 11.3. The van der Waals surface area contributed by atoms with Crippen molar-refractivity contribution < 1.29 is 9.90 Å². The predicted molar refractivity (Wildman–Crippen MR) is 66.0 cm³/mol.